The van der Waals surface area contributed by atoms with Gasteiger partial charge in [0.05, 0.1) is 6.10 Å². The van der Waals surface area contributed by atoms with Crippen LogP contribution >= 0.6 is 11.8 Å². The molecule has 0 saturated heterocycles. The van der Waals surface area contributed by atoms with Crippen LogP contribution in [0.2, 0.25) is 0 Å². The topological polar surface area (TPSA) is 78.4 Å². The lowest BCUT2D eigenvalue weighted by Gasteiger charge is -2.39. The van der Waals surface area contributed by atoms with Crippen molar-refractivity contribution < 1.29 is 14.7 Å². The third-order valence-electron chi connectivity index (χ3n) is 6.58. The molecule has 1 heterocycles. The molecule has 2 aromatic rings. The molecular formula is C26H34N2O3S. The average molecular weight is 455 g/mol. The van der Waals surface area contributed by atoms with Crippen molar-refractivity contribution >= 4 is 29.3 Å². The average Bonchev–Trinajstić information content (AvgIpc) is 2.92. The smallest absolute Gasteiger partial charge is 0.233 e. The van der Waals surface area contributed by atoms with Gasteiger partial charge in [-0.15, -0.1) is 11.8 Å². The lowest BCUT2D eigenvalue weighted by Crippen LogP contribution is -2.40. The van der Waals surface area contributed by atoms with Gasteiger partial charge in [-0.2, -0.15) is 0 Å². The van der Waals surface area contributed by atoms with E-state index in [0.29, 0.717) is 5.69 Å². The zero-order valence-corrected chi connectivity index (χ0v) is 20.0. The van der Waals surface area contributed by atoms with Crippen LogP contribution in [0.25, 0.3) is 0 Å². The van der Waals surface area contributed by atoms with Crippen molar-refractivity contribution in [1.29, 1.82) is 0 Å². The molecule has 0 aromatic heterocycles. The molecule has 2 amide bonds. The monoisotopic (exact) mass is 454 g/mol. The van der Waals surface area contributed by atoms with Gasteiger partial charge in [0.15, 0.2) is 0 Å². The van der Waals surface area contributed by atoms with Gasteiger partial charge in [0.25, 0.3) is 0 Å². The van der Waals surface area contributed by atoms with Crippen LogP contribution in [0.1, 0.15) is 63.0 Å². The summed E-state index contributed by atoms with van der Waals surface area (Å²) in [5.41, 5.74) is 2.57. The molecule has 0 unspecified atom stereocenters. The van der Waals surface area contributed by atoms with E-state index in [1.54, 1.807) is 11.8 Å². The number of thioether (sulfide) groups is 1. The molecule has 5 nitrogen and oxygen atoms in total. The Morgan fingerprint density at radius 3 is 2.53 bits per heavy atom. The number of anilines is 1. The van der Waals surface area contributed by atoms with Gasteiger partial charge in [-0.3, -0.25) is 9.59 Å². The zero-order chi connectivity index (χ0) is 23.1. The van der Waals surface area contributed by atoms with Gasteiger partial charge in [0, 0.05) is 34.7 Å². The largest absolute Gasteiger partial charge is 0.392 e. The van der Waals surface area contributed by atoms with Crippen LogP contribution in [-0.2, 0) is 9.59 Å². The first-order chi connectivity index (χ1) is 15.4. The van der Waals surface area contributed by atoms with Crippen LogP contribution in [-0.4, -0.2) is 35.8 Å². The molecular weight excluding hydrogens is 420 g/mol. The predicted molar refractivity (Wildman–Crippen MR) is 131 cm³/mol. The molecule has 0 radical (unpaired) electrons. The minimum absolute atomic E-state index is 0.178. The summed E-state index contributed by atoms with van der Waals surface area (Å²) in [7, 11) is 1.51. The number of nitrogens with one attached hydrogen (secondary N) is 2. The molecule has 172 valence electrons. The Morgan fingerprint density at radius 2 is 1.88 bits per heavy atom. The van der Waals surface area contributed by atoms with Gasteiger partial charge in [0.1, 0.15) is 6.42 Å². The molecule has 3 rings (SSSR count). The maximum atomic E-state index is 12.3. The first-order valence-corrected chi connectivity index (χ1v) is 12.4. The van der Waals surface area contributed by atoms with Crippen molar-refractivity contribution in [3.8, 4) is 0 Å². The number of unbranched alkanes of at least 4 members (excludes halogenated alkanes) is 1. The lowest BCUT2D eigenvalue weighted by atomic mass is 9.69. The predicted octanol–water partition coefficient (Wildman–Crippen LogP) is 4.95. The summed E-state index contributed by atoms with van der Waals surface area (Å²) >= 11 is 1.80. The van der Waals surface area contributed by atoms with Crippen molar-refractivity contribution in [2.75, 3.05) is 18.1 Å². The summed E-state index contributed by atoms with van der Waals surface area (Å²) in [5.74, 6) is -0.000272. The SMILES string of the molecule is CCCC[C@]1(CC)CSc2ccc(NC(=O)CC(=O)NC)cc2[C@@H](c2ccccc2)[C@H]1O. The number of carbonyl (C=O) groups is 2. The van der Waals surface area contributed by atoms with E-state index < -0.39 is 6.10 Å². The number of fused-ring (bicyclic) bond motifs is 1. The van der Waals surface area contributed by atoms with Crippen molar-refractivity contribution in [3.63, 3.8) is 0 Å². The van der Waals surface area contributed by atoms with Crippen molar-refractivity contribution in [1.82, 2.24) is 5.32 Å². The fraction of sp³-hybridized carbons (Fsp3) is 0.462. The first-order valence-electron chi connectivity index (χ1n) is 11.4. The van der Waals surface area contributed by atoms with Gasteiger partial charge in [-0.05, 0) is 42.2 Å². The van der Waals surface area contributed by atoms with Crippen LogP contribution in [0.3, 0.4) is 0 Å². The van der Waals surface area contributed by atoms with E-state index in [4.69, 9.17) is 0 Å². The van der Waals surface area contributed by atoms with Gasteiger partial charge in [-0.25, -0.2) is 0 Å². The molecule has 3 atom stereocenters. The minimum atomic E-state index is -0.535. The third kappa shape index (κ3) is 5.36. The number of aliphatic hydroxyl groups is 1. The van der Waals surface area contributed by atoms with Crippen LogP contribution in [0, 0.1) is 5.41 Å². The zero-order valence-electron chi connectivity index (χ0n) is 19.2. The molecule has 0 aliphatic carbocycles. The van der Waals surface area contributed by atoms with Crippen LogP contribution in [0.5, 0.6) is 0 Å². The summed E-state index contributed by atoms with van der Waals surface area (Å²) < 4.78 is 0. The Morgan fingerprint density at radius 1 is 1.12 bits per heavy atom. The number of carbonyl (C=O) groups excluding carboxylic acids is 2. The molecule has 0 saturated carbocycles. The van der Waals surface area contributed by atoms with Gasteiger partial charge >= 0.3 is 0 Å². The van der Waals surface area contributed by atoms with Crippen LogP contribution < -0.4 is 10.6 Å². The van der Waals surface area contributed by atoms with E-state index in [9.17, 15) is 14.7 Å². The van der Waals surface area contributed by atoms with E-state index in [0.717, 1.165) is 47.5 Å². The van der Waals surface area contributed by atoms with Gasteiger partial charge < -0.3 is 15.7 Å². The summed E-state index contributed by atoms with van der Waals surface area (Å²) in [6.45, 7) is 4.37. The third-order valence-corrected chi connectivity index (χ3v) is 7.98. The molecule has 6 heteroatoms. The Balaban J connectivity index is 2.02. The first kappa shape index (κ1) is 24.3. The number of aliphatic hydroxyl groups excluding tert-OH is 1. The molecule has 32 heavy (non-hydrogen) atoms. The van der Waals surface area contributed by atoms with E-state index in [1.165, 1.54) is 7.05 Å². The second-order valence-corrected chi connectivity index (χ2v) is 9.61. The Bertz CT molecular complexity index is 934. The standard InChI is InChI=1S/C26H34N2O3S/c1-4-6-14-26(5-2)17-32-21-13-12-19(28-23(30)16-22(29)27-3)15-20(21)24(25(26)31)18-10-8-7-9-11-18/h7-13,15,24-25,31H,4-6,14,16-17H2,1-3H3,(H,27,29)(H,28,30)/t24-,25-,26-/m1/s1. The highest BCUT2D eigenvalue weighted by Gasteiger charge is 2.44. The molecule has 0 bridgehead atoms. The Labute approximate surface area is 195 Å². The summed E-state index contributed by atoms with van der Waals surface area (Å²) in [6.07, 6.45) is 3.33. The van der Waals surface area contributed by atoms with E-state index >= 15 is 0 Å². The number of rotatable bonds is 8. The molecule has 2 aromatic carbocycles. The summed E-state index contributed by atoms with van der Waals surface area (Å²) in [5, 5.41) is 17.2. The molecule has 0 fully saturated rings. The highest BCUT2D eigenvalue weighted by atomic mass is 32.2. The quantitative estimate of drug-likeness (QED) is 0.493. The maximum Gasteiger partial charge on any atom is 0.233 e. The fourth-order valence-electron chi connectivity index (χ4n) is 4.53. The highest BCUT2D eigenvalue weighted by molar-refractivity contribution is 7.99. The van der Waals surface area contributed by atoms with Crippen LogP contribution in [0.15, 0.2) is 53.4 Å². The Hall–Kier alpha value is -2.31. The second-order valence-electron chi connectivity index (χ2n) is 8.59. The van der Waals surface area contributed by atoms with Gasteiger partial charge in [0.2, 0.25) is 11.8 Å². The van der Waals surface area contributed by atoms with Gasteiger partial charge in [-0.1, -0.05) is 57.0 Å². The second kappa shape index (κ2) is 11.0. The Kier molecular flexibility index (Phi) is 8.38. The molecule has 1 aliphatic rings. The minimum Gasteiger partial charge on any atom is -0.392 e. The fourth-order valence-corrected chi connectivity index (χ4v) is 6.01. The number of hydrogen-bond donors (Lipinski definition) is 3. The highest BCUT2D eigenvalue weighted by Crippen LogP contribution is 2.51. The molecule has 1 aliphatic heterocycles. The van der Waals surface area contributed by atoms with E-state index in [1.807, 2.05) is 36.4 Å². The van der Waals surface area contributed by atoms with Crippen molar-refractivity contribution in [3.05, 3.63) is 59.7 Å². The van der Waals surface area contributed by atoms with E-state index in [2.05, 4.69) is 36.6 Å². The summed E-state index contributed by atoms with van der Waals surface area (Å²) in [6, 6.07) is 16.0. The number of hydrogen-bond acceptors (Lipinski definition) is 4. The molecule has 3 N–H and O–H groups in total. The lowest BCUT2D eigenvalue weighted by molar-refractivity contribution is -0.126. The maximum absolute atomic E-state index is 12.3. The van der Waals surface area contributed by atoms with E-state index in [-0.39, 0.29) is 29.6 Å². The van der Waals surface area contributed by atoms with Crippen LogP contribution in [0.4, 0.5) is 5.69 Å². The number of benzene rings is 2. The number of amides is 2. The summed E-state index contributed by atoms with van der Waals surface area (Å²) in [4.78, 5) is 25.0. The molecule has 0 spiro atoms. The van der Waals surface area contributed by atoms with Crippen molar-refractivity contribution in [2.45, 2.75) is 62.9 Å². The van der Waals surface area contributed by atoms with Crippen molar-refractivity contribution in [2.24, 2.45) is 5.41 Å². The normalized spacial score (nSPS) is 22.5.